The lowest BCUT2D eigenvalue weighted by atomic mass is 9.98. The van der Waals surface area contributed by atoms with Crippen molar-refractivity contribution in [2.75, 3.05) is 6.61 Å². The van der Waals surface area contributed by atoms with Gasteiger partial charge < -0.3 is 28.4 Å². The molecule has 0 aromatic heterocycles. The van der Waals surface area contributed by atoms with E-state index in [4.69, 9.17) is 28.4 Å². The van der Waals surface area contributed by atoms with Crippen LogP contribution in [-0.2, 0) is 54.2 Å². The van der Waals surface area contributed by atoms with Gasteiger partial charge in [-0.3, -0.25) is 19.2 Å². The minimum absolute atomic E-state index is 0.0775. The summed E-state index contributed by atoms with van der Waals surface area (Å²) in [6.07, 6.45) is -5.83. The van der Waals surface area contributed by atoms with Crippen molar-refractivity contribution in [2.45, 2.75) is 65.0 Å². The Morgan fingerprint density at radius 2 is 1.35 bits per heavy atom. The van der Waals surface area contributed by atoms with Crippen LogP contribution >= 0.6 is 0 Å². The van der Waals surface area contributed by atoms with Crippen molar-refractivity contribution in [3.05, 3.63) is 35.9 Å². The molecule has 1 aliphatic rings. The van der Waals surface area contributed by atoms with Gasteiger partial charge in [-0.25, -0.2) is 0 Å². The van der Waals surface area contributed by atoms with Gasteiger partial charge in [0.2, 0.25) is 6.29 Å². The highest BCUT2D eigenvalue weighted by molar-refractivity contribution is 5.68. The predicted octanol–water partition coefficient (Wildman–Crippen LogP) is 1.29. The Morgan fingerprint density at radius 1 is 0.774 bits per heavy atom. The van der Waals surface area contributed by atoms with Crippen molar-refractivity contribution < 1.29 is 47.6 Å². The maximum atomic E-state index is 11.8. The summed E-state index contributed by atoms with van der Waals surface area (Å²) in [7, 11) is 0. The third-order valence-corrected chi connectivity index (χ3v) is 4.21. The monoisotopic (exact) mass is 438 g/mol. The van der Waals surface area contributed by atoms with Crippen LogP contribution in [0.2, 0.25) is 0 Å². The first-order chi connectivity index (χ1) is 14.7. The molecule has 2 rings (SSSR count). The Hall–Kier alpha value is -2.98. The molecule has 0 aliphatic carbocycles. The first kappa shape index (κ1) is 24.3. The smallest absolute Gasteiger partial charge is 0.305 e. The Labute approximate surface area is 179 Å². The molecule has 0 bridgehead atoms. The second kappa shape index (κ2) is 11.4. The van der Waals surface area contributed by atoms with Gasteiger partial charge in [0.25, 0.3) is 0 Å². The van der Waals surface area contributed by atoms with Gasteiger partial charge >= 0.3 is 23.9 Å². The quantitative estimate of drug-likeness (QED) is 0.433. The Balaban J connectivity index is 2.38. The van der Waals surface area contributed by atoms with Crippen LogP contribution in [0.5, 0.6) is 0 Å². The summed E-state index contributed by atoms with van der Waals surface area (Å²) in [6.45, 7) is 4.50. The molecule has 170 valence electrons. The van der Waals surface area contributed by atoms with Crippen molar-refractivity contribution in [3.63, 3.8) is 0 Å². The lowest BCUT2D eigenvalue weighted by Crippen LogP contribution is -2.62. The molecule has 1 fully saturated rings. The van der Waals surface area contributed by atoms with E-state index in [2.05, 4.69) is 0 Å². The fourth-order valence-electron chi connectivity index (χ4n) is 3.08. The molecule has 0 amide bonds. The summed E-state index contributed by atoms with van der Waals surface area (Å²) in [5, 5.41) is 0. The molecule has 1 saturated heterocycles. The molecule has 0 spiro atoms. The van der Waals surface area contributed by atoms with Crippen molar-refractivity contribution in [1.29, 1.82) is 0 Å². The van der Waals surface area contributed by atoms with E-state index >= 15 is 0 Å². The SMILES string of the molecule is CC(=O)OC[C@H]1O[C@H](OC(C)=O)[C@@H](OC(C)=O)[C@@H](OCc2ccccc2)[C@@H]1OC(C)=O. The number of carbonyl (C=O) groups excluding carboxylic acids is 4. The van der Waals surface area contributed by atoms with Gasteiger partial charge in [0.05, 0.1) is 6.61 Å². The average Bonchev–Trinajstić information content (AvgIpc) is 2.67. The highest BCUT2D eigenvalue weighted by Gasteiger charge is 2.52. The third-order valence-electron chi connectivity index (χ3n) is 4.21. The second-order valence-corrected chi connectivity index (χ2v) is 6.86. The van der Waals surface area contributed by atoms with Crippen molar-refractivity contribution in [2.24, 2.45) is 0 Å². The Morgan fingerprint density at radius 3 is 1.90 bits per heavy atom. The molecular formula is C21H26O10. The zero-order valence-corrected chi connectivity index (χ0v) is 17.8. The fraction of sp³-hybridized carbons (Fsp3) is 0.524. The van der Waals surface area contributed by atoms with Crippen molar-refractivity contribution in [1.82, 2.24) is 0 Å². The van der Waals surface area contributed by atoms with Gasteiger partial charge in [-0.15, -0.1) is 0 Å². The summed E-state index contributed by atoms with van der Waals surface area (Å²) in [6, 6.07) is 9.12. The van der Waals surface area contributed by atoms with E-state index < -0.39 is 54.6 Å². The molecule has 10 heteroatoms. The van der Waals surface area contributed by atoms with Crippen LogP contribution in [0.1, 0.15) is 33.3 Å². The number of rotatable bonds is 8. The summed E-state index contributed by atoms with van der Waals surface area (Å²) < 4.78 is 32.6. The minimum Gasteiger partial charge on any atom is -0.463 e. The van der Waals surface area contributed by atoms with Gasteiger partial charge in [0.15, 0.2) is 12.2 Å². The molecule has 0 saturated carbocycles. The van der Waals surface area contributed by atoms with E-state index in [9.17, 15) is 19.2 Å². The van der Waals surface area contributed by atoms with Crippen LogP contribution < -0.4 is 0 Å². The lowest BCUT2D eigenvalue weighted by molar-refractivity contribution is -0.305. The fourth-order valence-corrected chi connectivity index (χ4v) is 3.08. The number of hydrogen-bond donors (Lipinski definition) is 0. The number of carbonyl (C=O) groups is 4. The normalized spacial score (nSPS) is 25.2. The predicted molar refractivity (Wildman–Crippen MR) is 103 cm³/mol. The molecule has 0 N–H and O–H groups in total. The maximum absolute atomic E-state index is 11.8. The van der Waals surface area contributed by atoms with Crippen LogP contribution in [0.3, 0.4) is 0 Å². The van der Waals surface area contributed by atoms with Crippen molar-refractivity contribution in [3.8, 4) is 0 Å². The number of ether oxygens (including phenoxy) is 6. The van der Waals surface area contributed by atoms with E-state index in [1.165, 1.54) is 20.8 Å². The van der Waals surface area contributed by atoms with E-state index in [1.807, 2.05) is 30.3 Å². The lowest BCUT2D eigenvalue weighted by Gasteiger charge is -2.44. The van der Waals surface area contributed by atoms with Crippen LogP contribution in [0.25, 0.3) is 0 Å². The molecule has 10 nitrogen and oxygen atoms in total. The average molecular weight is 438 g/mol. The molecule has 1 aliphatic heterocycles. The van der Waals surface area contributed by atoms with Crippen LogP contribution in [0, 0.1) is 0 Å². The summed E-state index contributed by atoms with van der Waals surface area (Å²) in [4.78, 5) is 46.4. The highest BCUT2D eigenvalue weighted by atomic mass is 16.7. The van der Waals surface area contributed by atoms with Crippen LogP contribution in [-0.4, -0.2) is 61.2 Å². The Bertz CT molecular complexity index is 778. The standard InChI is InChI=1S/C21H26O10/c1-12(22)26-11-17-18(28-13(2)23)19(27-10-16-8-6-5-7-9-16)20(29-14(3)24)21(31-17)30-15(4)25/h5-9,17-21H,10-11H2,1-4H3/t17-,18-,19+,20+,21+/m1/s1. The van der Waals surface area contributed by atoms with Gasteiger partial charge in [-0.1, -0.05) is 30.3 Å². The molecule has 1 aromatic rings. The van der Waals surface area contributed by atoms with E-state index in [-0.39, 0.29) is 13.2 Å². The third kappa shape index (κ3) is 7.65. The minimum atomic E-state index is -1.37. The largest absolute Gasteiger partial charge is 0.463 e. The molecule has 0 unspecified atom stereocenters. The van der Waals surface area contributed by atoms with Crippen molar-refractivity contribution >= 4 is 23.9 Å². The van der Waals surface area contributed by atoms with Crippen LogP contribution in [0.15, 0.2) is 30.3 Å². The summed E-state index contributed by atoms with van der Waals surface area (Å²) in [5.74, 6) is -2.61. The summed E-state index contributed by atoms with van der Waals surface area (Å²) >= 11 is 0. The Kier molecular flexibility index (Phi) is 8.95. The van der Waals surface area contributed by atoms with Crippen LogP contribution in [0.4, 0.5) is 0 Å². The molecule has 31 heavy (non-hydrogen) atoms. The number of hydrogen-bond acceptors (Lipinski definition) is 10. The topological polar surface area (TPSA) is 124 Å². The first-order valence-corrected chi connectivity index (χ1v) is 9.63. The summed E-state index contributed by atoms with van der Waals surface area (Å²) in [5.41, 5.74) is 0.803. The molecule has 1 heterocycles. The molecule has 0 radical (unpaired) electrons. The number of benzene rings is 1. The first-order valence-electron chi connectivity index (χ1n) is 9.63. The highest BCUT2D eigenvalue weighted by Crippen LogP contribution is 2.30. The van der Waals surface area contributed by atoms with Gasteiger partial charge in [0.1, 0.15) is 18.8 Å². The zero-order chi connectivity index (χ0) is 23.0. The molecule has 5 atom stereocenters. The van der Waals surface area contributed by atoms with Gasteiger partial charge in [-0.2, -0.15) is 0 Å². The van der Waals surface area contributed by atoms with Gasteiger partial charge in [0, 0.05) is 27.7 Å². The molecular weight excluding hydrogens is 412 g/mol. The molecule has 1 aromatic carbocycles. The van der Waals surface area contributed by atoms with E-state index in [0.717, 1.165) is 12.5 Å². The van der Waals surface area contributed by atoms with Gasteiger partial charge in [-0.05, 0) is 5.56 Å². The van der Waals surface area contributed by atoms with E-state index in [0.29, 0.717) is 0 Å². The number of esters is 4. The second-order valence-electron chi connectivity index (χ2n) is 6.86. The van der Waals surface area contributed by atoms with E-state index in [1.54, 1.807) is 0 Å². The maximum Gasteiger partial charge on any atom is 0.305 e. The zero-order valence-electron chi connectivity index (χ0n) is 17.8.